The van der Waals surface area contributed by atoms with Gasteiger partial charge in [-0.2, -0.15) is 0 Å². The zero-order valence-corrected chi connectivity index (χ0v) is 50.5. The number of ether oxygens (including phenoxy) is 1. The Balaban J connectivity index is 3.41. The molecule has 0 radical (unpaired) electrons. The van der Waals surface area contributed by atoms with E-state index in [1.165, 1.54) is 283 Å². The van der Waals surface area contributed by atoms with E-state index in [2.05, 4.69) is 55.6 Å². The lowest BCUT2D eigenvalue weighted by Crippen LogP contribution is -2.45. The van der Waals surface area contributed by atoms with Gasteiger partial charge in [0, 0.05) is 12.8 Å². The molecule has 0 aliphatic heterocycles. The summed E-state index contributed by atoms with van der Waals surface area (Å²) in [7, 11) is 0. The minimum Gasteiger partial charge on any atom is -0.466 e. The molecule has 0 fully saturated rings. The second-order valence-electron chi connectivity index (χ2n) is 23.1. The minimum atomic E-state index is -0.669. The van der Waals surface area contributed by atoms with Crippen LogP contribution in [0.1, 0.15) is 367 Å². The number of nitrogens with one attached hydrogen (secondary N) is 1. The van der Waals surface area contributed by atoms with Gasteiger partial charge in [0.05, 0.1) is 25.4 Å². The van der Waals surface area contributed by atoms with Gasteiger partial charge < -0.3 is 20.3 Å². The Bertz CT molecular complexity index is 1210. The Morgan fingerprint density at radius 1 is 0.373 bits per heavy atom. The normalized spacial score (nSPS) is 12.7. The third-order valence-electron chi connectivity index (χ3n) is 15.7. The highest BCUT2D eigenvalue weighted by Gasteiger charge is 2.20. The van der Waals surface area contributed by atoms with Crippen molar-refractivity contribution >= 4 is 11.9 Å². The SMILES string of the molecule is CCCCC/C=C\C/C=C\CCCCCCCCCC(=O)OCCCCCCCCCCCCCC/C=C\CCCCCCCCCC(=O)NC(CO)C(O)CCCCCCCCCCCCCCCCCCCC. The lowest BCUT2D eigenvalue weighted by atomic mass is 10.0. The molecule has 0 aromatic rings. The largest absolute Gasteiger partial charge is 0.466 e. The number of amides is 1. The Kier molecular flexibility index (Phi) is 63.0. The number of hydrogen-bond acceptors (Lipinski definition) is 5. The smallest absolute Gasteiger partial charge is 0.305 e. The van der Waals surface area contributed by atoms with Crippen molar-refractivity contribution in [2.75, 3.05) is 13.2 Å². The Labute approximate surface area is 468 Å². The summed E-state index contributed by atoms with van der Waals surface area (Å²) < 4.78 is 5.49. The van der Waals surface area contributed by atoms with Gasteiger partial charge in [0.2, 0.25) is 5.91 Å². The van der Waals surface area contributed by atoms with E-state index in [0.717, 1.165) is 51.4 Å². The first-order valence-electron chi connectivity index (χ1n) is 33.7. The fourth-order valence-corrected chi connectivity index (χ4v) is 10.5. The summed E-state index contributed by atoms with van der Waals surface area (Å²) >= 11 is 0. The summed E-state index contributed by atoms with van der Waals surface area (Å²) in [6.07, 6.45) is 81.7. The van der Waals surface area contributed by atoms with Crippen LogP contribution in [0.4, 0.5) is 0 Å². The number of rotatable bonds is 63. The standard InChI is InChI=1S/C69H131NO5/c1-3-5-7-9-11-13-15-17-19-21-30-33-37-41-45-49-53-57-61-67(72)66(65-71)70-68(73)62-58-54-50-46-42-38-34-31-27-25-23-22-24-26-28-32-36-40-44-48-52-56-60-64-75-69(74)63-59-55-51-47-43-39-35-29-20-18-16-14-12-10-8-6-4-2/h12,14,18,20,25,27,66-67,71-72H,3-11,13,15-17,19,21-24,26,28-65H2,1-2H3,(H,70,73)/b14-12-,20-18-,27-25-. The first-order valence-corrected chi connectivity index (χ1v) is 33.7. The Hall–Kier alpha value is -1.92. The van der Waals surface area contributed by atoms with Crippen molar-refractivity contribution in [1.82, 2.24) is 5.32 Å². The molecular formula is C69H131NO5. The maximum Gasteiger partial charge on any atom is 0.305 e. The molecule has 3 N–H and O–H groups in total. The Morgan fingerprint density at radius 3 is 1.05 bits per heavy atom. The van der Waals surface area contributed by atoms with Crippen molar-refractivity contribution < 1.29 is 24.5 Å². The maximum absolute atomic E-state index is 12.5. The van der Waals surface area contributed by atoms with Gasteiger partial charge in [-0.1, -0.05) is 307 Å². The van der Waals surface area contributed by atoms with Crippen LogP contribution in [-0.2, 0) is 14.3 Å². The molecule has 0 saturated heterocycles. The fourth-order valence-electron chi connectivity index (χ4n) is 10.5. The van der Waals surface area contributed by atoms with E-state index < -0.39 is 12.1 Å². The van der Waals surface area contributed by atoms with Crippen molar-refractivity contribution in [3.8, 4) is 0 Å². The molecule has 6 nitrogen and oxygen atoms in total. The summed E-state index contributed by atoms with van der Waals surface area (Å²) in [6.45, 7) is 4.95. The minimum absolute atomic E-state index is 0.00418. The second kappa shape index (κ2) is 64.6. The van der Waals surface area contributed by atoms with E-state index in [9.17, 15) is 19.8 Å². The van der Waals surface area contributed by atoms with Crippen LogP contribution in [0.15, 0.2) is 36.5 Å². The lowest BCUT2D eigenvalue weighted by Gasteiger charge is -2.22. The van der Waals surface area contributed by atoms with E-state index >= 15 is 0 Å². The predicted octanol–water partition coefficient (Wildman–Crippen LogP) is 21.5. The summed E-state index contributed by atoms with van der Waals surface area (Å²) in [5.74, 6) is -0.0344. The quantitative estimate of drug-likeness (QED) is 0.0320. The summed E-state index contributed by atoms with van der Waals surface area (Å²) in [5, 5.41) is 23.4. The molecule has 0 heterocycles. The van der Waals surface area contributed by atoms with Crippen LogP contribution >= 0.6 is 0 Å². The van der Waals surface area contributed by atoms with Crippen molar-refractivity contribution in [2.45, 2.75) is 379 Å². The fraction of sp³-hybridized carbons (Fsp3) is 0.884. The van der Waals surface area contributed by atoms with Gasteiger partial charge in [-0.3, -0.25) is 9.59 Å². The Morgan fingerprint density at radius 2 is 0.667 bits per heavy atom. The van der Waals surface area contributed by atoms with Crippen molar-refractivity contribution in [3.05, 3.63) is 36.5 Å². The number of hydrogen-bond donors (Lipinski definition) is 3. The molecule has 442 valence electrons. The van der Waals surface area contributed by atoms with Crippen LogP contribution in [0.5, 0.6) is 0 Å². The van der Waals surface area contributed by atoms with Crippen molar-refractivity contribution in [2.24, 2.45) is 0 Å². The second-order valence-corrected chi connectivity index (χ2v) is 23.1. The van der Waals surface area contributed by atoms with Crippen molar-refractivity contribution in [3.63, 3.8) is 0 Å². The van der Waals surface area contributed by atoms with E-state index in [1.807, 2.05) is 0 Å². The van der Waals surface area contributed by atoms with Crippen LogP contribution in [0.3, 0.4) is 0 Å². The number of carbonyl (C=O) groups excluding carboxylic acids is 2. The zero-order valence-electron chi connectivity index (χ0n) is 50.5. The average Bonchev–Trinajstić information content (AvgIpc) is 3.41. The molecule has 2 unspecified atom stereocenters. The van der Waals surface area contributed by atoms with Gasteiger partial charge in [-0.25, -0.2) is 0 Å². The molecular weight excluding hydrogens is 923 g/mol. The maximum atomic E-state index is 12.5. The number of aliphatic hydroxyl groups is 2. The van der Waals surface area contributed by atoms with E-state index in [4.69, 9.17) is 4.74 Å². The van der Waals surface area contributed by atoms with E-state index in [-0.39, 0.29) is 18.5 Å². The van der Waals surface area contributed by atoms with Crippen molar-refractivity contribution in [1.29, 1.82) is 0 Å². The van der Waals surface area contributed by atoms with Gasteiger partial charge in [0.15, 0.2) is 0 Å². The first-order chi connectivity index (χ1) is 37.0. The average molecular weight is 1050 g/mol. The van der Waals surface area contributed by atoms with Gasteiger partial charge in [0.25, 0.3) is 0 Å². The molecule has 0 saturated carbocycles. The number of esters is 1. The number of carbonyl (C=O) groups is 2. The monoisotopic (exact) mass is 1050 g/mol. The zero-order chi connectivity index (χ0) is 54.3. The number of aliphatic hydroxyl groups excluding tert-OH is 2. The summed E-state index contributed by atoms with van der Waals surface area (Å²) in [5.41, 5.74) is 0. The molecule has 0 aromatic carbocycles. The van der Waals surface area contributed by atoms with Gasteiger partial charge in [-0.05, 0) is 83.5 Å². The van der Waals surface area contributed by atoms with Gasteiger partial charge in [0.1, 0.15) is 0 Å². The van der Waals surface area contributed by atoms with E-state index in [1.54, 1.807) is 0 Å². The first kappa shape index (κ1) is 73.1. The summed E-state index contributed by atoms with van der Waals surface area (Å²) in [4.78, 5) is 24.6. The van der Waals surface area contributed by atoms with E-state index in [0.29, 0.717) is 25.9 Å². The topological polar surface area (TPSA) is 95.9 Å². The molecule has 0 bridgehead atoms. The number of allylic oxidation sites excluding steroid dienone is 6. The van der Waals surface area contributed by atoms with Crippen LogP contribution < -0.4 is 5.32 Å². The predicted molar refractivity (Wildman–Crippen MR) is 329 cm³/mol. The van der Waals surface area contributed by atoms with Gasteiger partial charge >= 0.3 is 5.97 Å². The summed E-state index contributed by atoms with van der Waals surface area (Å²) in [6, 6.07) is -0.547. The van der Waals surface area contributed by atoms with Crippen LogP contribution in [0.25, 0.3) is 0 Å². The van der Waals surface area contributed by atoms with Gasteiger partial charge in [-0.15, -0.1) is 0 Å². The molecule has 0 aromatic heterocycles. The van der Waals surface area contributed by atoms with Crippen LogP contribution in [0, 0.1) is 0 Å². The lowest BCUT2D eigenvalue weighted by molar-refractivity contribution is -0.143. The highest BCUT2D eigenvalue weighted by Crippen LogP contribution is 2.18. The highest BCUT2D eigenvalue weighted by atomic mass is 16.5. The molecule has 0 rings (SSSR count). The molecule has 1 amide bonds. The van der Waals surface area contributed by atoms with Crippen LogP contribution in [0.2, 0.25) is 0 Å². The molecule has 6 heteroatoms. The van der Waals surface area contributed by atoms with Crippen LogP contribution in [-0.4, -0.2) is 47.4 Å². The molecule has 0 aliphatic carbocycles. The molecule has 75 heavy (non-hydrogen) atoms. The molecule has 0 spiro atoms. The third kappa shape index (κ3) is 61.2. The number of unbranched alkanes of at least 4 members (excludes halogenated alkanes) is 46. The molecule has 0 aliphatic rings. The highest BCUT2D eigenvalue weighted by molar-refractivity contribution is 5.76. The third-order valence-corrected chi connectivity index (χ3v) is 15.7. The molecule has 2 atom stereocenters.